The molecule has 1 aliphatic rings. The third-order valence-corrected chi connectivity index (χ3v) is 3.91. The Hall–Kier alpha value is -1.55. The molecule has 1 aromatic carbocycles. The molecule has 1 aromatic rings. The van der Waals surface area contributed by atoms with Crippen LogP contribution in [0.1, 0.15) is 37.7 Å². The highest BCUT2D eigenvalue weighted by Crippen LogP contribution is 2.12. The first kappa shape index (κ1) is 15.8. The summed E-state index contributed by atoms with van der Waals surface area (Å²) in [5.41, 5.74) is 1.17. The van der Waals surface area contributed by atoms with Crippen LogP contribution in [-0.2, 0) is 16.0 Å². The number of carbonyl (C=O) groups is 2. The number of amides is 2. The van der Waals surface area contributed by atoms with E-state index < -0.39 is 0 Å². The fourth-order valence-corrected chi connectivity index (χ4v) is 2.57. The molecule has 1 fully saturated rings. The third kappa shape index (κ3) is 5.38. The van der Waals surface area contributed by atoms with E-state index in [0.29, 0.717) is 13.0 Å². The minimum atomic E-state index is -0.365. The normalized spacial score (nSPS) is 18.7. The smallest absolute Gasteiger partial charge is 0.242 e. The van der Waals surface area contributed by atoms with E-state index in [1.54, 1.807) is 0 Å². The second kappa shape index (κ2) is 8.03. The Bertz CT molecular complexity index is 488. The predicted octanol–water partition coefficient (Wildman–Crippen LogP) is 2.45. The zero-order valence-corrected chi connectivity index (χ0v) is 12.8. The molecule has 5 heteroatoms. The Kier molecular flexibility index (Phi) is 6.05. The summed E-state index contributed by atoms with van der Waals surface area (Å²) >= 11 is 5.83. The summed E-state index contributed by atoms with van der Waals surface area (Å²) in [7, 11) is 0. The molecule has 0 bridgehead atoms. The lowest BCUT2D eigenvalue weighted by Gasteiger charge is -2.15. The largest absolute Gasteiger partial charge is 0.354 e. The van der Waals surface area contributed by atoms with Gasteiger partial charge < -0.3 is 10.6 Å². The van der Waals surface area contributed by atoms with Crippen molar-refractivity contribution in [1.29, 1.82) is 0 Å². The van der Waals surface area contributed by atoms with Crippen LogP contribution in [0.4, 0.5) is 0 Å². The van der Waals surface area contributed by atoms with Gasteiger partial charge in [-0.3, -0.25) is 9.59 Å². The second-order valence-electron chi connectivity index (χ2n) is 5.39. The van der Waals surface area contributed by atoms with E-state index in [1.807, 2.05) is 24.3 Å². The van der Waals surface area contributed by atoms with Gasteiger partial charge in [-0.05, 0) is 49.8 Å². The van der Waals surface area contributed by atoms with Crippen LogP contribution in [-0.4, -0.2) is 24.4 Å². The summed E-state index contributed by atoms with van der Waals surface area (Å²) in [5, 5.41) is 6.37. The third-order valence-electron chi connectivity index (χ3n) is 3.65. The summed E-state index contributed by atoms with van der Waals surface area (Å²) in [6.45, 7) is 0.710. The predicted molar refractivity (Wildman–Crippen MR) is 83.2 cm³/mol. The number of halogens is 1. The molecule has 1 atom stereocenters. The standard InChI is InChI=1S/C16H21ClN2O2/c17-13-9-7-12(8-10-13)4-3-6-15(20)19-14-5-1-2-11-18-16(14)21/h7-10,14H,1-6,11H2,(H,18,21)(H,19,20)/t14-/m1/s1. The Balaban J connectivity index is 1.71. The van der Waals surface area contributed by atoms with E-state index in [9.17, 15) is 9.59 Å². The molecule has 0 unspecified atom stereocenters. The van der Waals surface area contributed by atoms with E-state index in [1.165, 1.54) is 5.56 Å². The maximum atomic E-state index is 11.9. The highest BCUT2D eigenvalue weighted by atomic mass is 35.5. The molecule has 0 saturated carbocycles. The van der Waals surface area contributed by atoms with Crippen LogP contribution in [0.15, 0.2) is 24.3 Å². The Morgan fingerprint density at radius 3 is 2.81 bits per heavy atom. The zero-order valence-electron chi connectivity index (χ0n) is 12.0. The van der Waals surface area contributed by atoms with Crippen molar-refractivity contribution >= 4 is 23.4 Å². The number of nitrogens with one attached hydrogen (secondary N) is 2. The van der Waals surface area contributed by atoms with E-state index in [2.05, 4.69) is 10.6 Å². The van der Waals surface area contributed by atoms with Crippen molar-refractivity contribution in [3.63, 3.8) is 0 Å². The van der Waals surface area contributed by atoms with Gasteiger partial charge in [0.1, 0.15) is 6.04 Å². The number of hydrogen-bond acceptors (Lipinski definition) is 2. The van der Waals surface area contributed by atoms with Gasteiger partial charge in [0.2, 0.25) is 11.8 Å². The molecule has 21 heavy (non-hydrogen) atoms. The lowest BCUT2D eigenvalue weighted by atomic mass is 10.1. The number of carbonyl (C=O) groups excluding carboxylic acids is 2. The van der Waals surface area contributed by atoms with Gasteiger partial charge in [-0.1, -0.05) is 23.7 Å². The molecule has 0 aromatic heterocycles. The lowest BCUT2D eigenvalue weighted by Crippen LogP contribution is -2.45. The molecule has 1 aliphatic heterocycles. The number of rotatable bonds is 5. The lowest BCUT2D eigenvalue weighted by molar-refractivity contribution is -0.128. The monoisotopic (exact) mass is 308 g/mol. The van der Waals surface area contributed by atoms with Crippen LogP contribution in [0.2, 0.25) is 5.02 Å². The van der Waals surface area contributed by atoms with Gasteiger partial charge in [-0.2, -0.15) is 0 Å². The van der Waals surface area contributed by atoms with Crippen molar-refractivity contribution in [2.24, 2.45) is 0 Å². The molecule has 2 N–H and O–H groups in total. The molecule has 2 amide bonds. The molecule has 114 valence electrons. The highest BCUT2D eigenvalue weighted by molar-refractivity contribution is 6.30. The summed E-state index contributed by atoms with van der Waals surface area (Å²) in [6, 6.07) is 7.29. The van der Waals surface area contributed by atoms with E-state index >= 15 is 0 Å². The van der Waals surface area contributed by atoms with Crippen LogP contribution < -0.4 is 10.6 Å². The Labute approximate surface area is 130 Å². The summed E-state index contributed by atoms with van der Waals surface area (Å²) < 4.78 is 0. The summed E-state index contributed by atoms with van der Waals surface area (Å²) in [4.78, 5) is 23.6. The summed E-state index contributed by atoms with van der Waals surface area (Å²) in [5.74, 6) is -0.107. The topological polar surface area (TPSA) is 58.2 Å². The fraction of sp³-hybridized carbons (Fsp3) is 0.500. The average molecular weight is 309 g/mol. The molecule has 1 saturated heterocycles. The van der Waals surface area contributed by atoms with Crippen molar-refractivity contribution in [1.82, 2.24) is 10.6 Å². The first-order valence-electron chi connectivity index (χ1n) is 7.46. The Morgan fingerprint density at radius 1 is 1.29 bits per heavy atom. The molecule has 2 rings (SSSR count). The number of hydrogen-bond donors (Lipinski definition) is 2. The van der Waals surface area contributed by atoms with Crippen LogP contribution >= 0.6 is 11.6 Å². The van der Waals surface area contributed by atoms with Crippen LogP contribution in [0.3, 0.4) is 0 Å². The van der Waals surface area contributed by atoms with Gasteiger partial charge in [0.25, 0.3) is 0 Å². The van der Waals surface area contributed by atoms with E-state index in [-0.39, 0.29) is 17.9 Å². The van der Waals surface area contributed by atoms with Crippen LogP contribution in [0.5, 0.6) is 0 Å². The maximum Gasteiger partial charge on any atom is 0.242 e. The molecule has 1 heterocycles. The van der Waals surface area contributed by atoms with E-state index in [0.717, 1.165) is 37.1 Å². The molecule has 0 radical (unpaired) electrons. The van der Waals surface area contributed by atoms with Gasteiger partial charge in [-0.15, -0.1) is 0 Å². The van der Waals surface area contributed by atoms with Gasteiger partial charge in [-0.25, -0.2) is 0 Å². The molecule has 0 spiro atoms. The highest BCUT2D eigenvalue weighted by Gasteiger charge is 2.21. The number of benzene rings is 1. The van der Waals surface area contributed by atoms with Crippen molar-refractivity contribution < 1.29 is 9.59 Å². The van der Waals surface area contributed by atoms with Crippen molar-refractivity contribution in [2.45, 2.75) is 44.6 Å². The van der Waals surface area contributed by atoms with Crippen LogP contribution in [0, 0.1) is 0 Å². The van der Waals surface area contributed by atoms with Crippen LogP contribution in [0.25, 0.3) is 0 Å². The quantitative estimate of drug-likeness (QED) is 0.878. The SMILES string of the molecule is O=C(CCCc1ccc(Cl)cc1)N[C@@H]1CCCCNC1=O. The molecule has 0 aliphatic carbocycles. The van der Waals surface area contributed by atoms with Gasteiger partial charge in [0, 0.05) is 18.0 Å². The van der Waals surface area contributed by atoms with Crippen molar-refractivity contribution in [2.75, 3.05) is 6.54 Å². The molecular weight excluding hydrogens is 288 g/mol. The van der Waals surface area contributed by atoms with Crippen molar-refractivity contribution in [3.05, 3.63) is 34.9 Å². The fourth-order valence-electron chi connectivity index (χ4n) is 2.45. The maximum absolute atomic E-state index is 11.9. The average Bonchev–Trinajstić information content (AvgIpc) is 2.66. The molecule has 4 nitrogen and oxygen atoms in total. The van der Waals surface area contributed by atoms with E-state index in [4.69, 9.17) is 11.6 Å². The first-order chi connectivity index (χ1) is 10.1. The van der Waals surface area contributed by atoms with Crippen molar-refractivity contribution in [3.8, 4) is 0 Å². The Morgan fingerprint density at radius 2 is 2.05 bits per heavy atom. The second-order valence-corrected chi connectivity index (χ2v) is 5.82. The minimum absolute atomic E-state index is 0.0500. The van der Waals surface area contributed by atoms with Gasteiger partial charge in [0.15, 0.2) is 0 Å². The first-order valence-corrected chi connectivity index (χ1v) is 7.84. The zero-order chi connectivity index (χ0) is 15.1. The number of aryl methyl sites for hydroxylation is 1. The van der Waals surface area contributed by atoms with Gasteiger partial charge in [0.05, 0.1) is 0 Å². The molecular formula is C16H21ClN2O2. The summed E-state index contributed by atoms with van der Waals surface area (Å²) in [6.07, 6.45) is 4.72. The minimum Gasteiger partial charge on any atom is -0.354 e. The van der Waals surface area contributed by atoms with Gasteiger partial charge >= 0.3 is 0 Å².